The number of likely N-dealkylation sites (N-methyl/N-ethyl adjacent to an activating group) is 1. The van der Waals surface area contributed by atoms with E-state index < -0.39 is 0 Å². The Hall–Kier alpha value is -1.88. The fraction of sp³-hybridized carbons (Fsp3) is 0.429. The molecule has 0 spiro atoms. The van der Waals surface area contributed by atoms with Gasteiger partial charge in [0, 0.05) is 18.7 Å². The zero-order valence-corrected chi connectivity index (χ0v) is 11.2. The van der Waals surface area contributed by atoms with Crippen LogP contribution in [-0.4, -0.2) is 47.5 Å². The Labute approximate surface area is 111 Å². The van der Waals surface area contributed by atoms with Crippen LogP contribution in [0.1, 0.15) is 28.5 Å². The molecule has 3 heterocycles. The molecule has 0 N–H and O–H groups in total. The number of carbonyl (C=O) groups is 1. The van der Waals surface area contributed by atoms with Gasteiger partial charge in [-0.2, -0.15) is 0 Å². The molecule has 1 atom stereocenters. The number of rotatable bonds is 2. The molecule has 5 heteroatoms. The highest BCUT2D eigenvalue weighted by atomic mass is 16.5. The monoisotopic (exact) mass is 259 g/mol. The summed E-state index contributed by atoms with van der Waals surface area (Å²) in [6.07, 6.45) is 4.79. The molecule has 2 aromatic heterocycles. The second-order valence-corrected chi connectivity index (χ2v) is 5.07. The van der Waals surface area contributed by atoms with Gasteiger partial charge in [-0.15, -0.1) is 0 Å². The molecule has 0 radical (unpaired) electrons. The fourth-order valence-corrected chi connectivity index (χ4v) is 2.70. The van der Waals surface area contributed by atoms with Crippen molar-refractivity contribution in [1.29, 1.82) is 0 Å². The lowest BCUT2D eigenvalue weighted by atomic mass is 10.1. The summed E-state index contributed by atoms with van der Waals surface area (Å²) < 4.78 is 6.77. The Morgan fingerprint density at radius 2 is 2.32 bits per heavy atom. The van der Waals surface area contributed by atoms with Crippen molar-refractivity contribution in [3.8, 4) is 0 Å². The highest BCUT2D eigenvalue weighted by Gasteiger charge is 2.24. The standard InChI is InChI=1S/C14H17N3O2/c1-16-6-5-10(8-16)13-15-7-12-4-3-11(9-17(12)13)14(18)19-2/h3-4,7,9-10H,5-6,8H2,1-2H3. The summed E-state index contributed by atoms with van der Waals surface area (Å²) in [6.45, 7) is 2.11. The van der Waals surface area contributed by atoms with Crippen LogP contribution < -0.4 is 0 Å². The van der Waals surface area contributed by atoms with Crippen molar-refractivity contribution in [1.82, 2.24) is 14.3 Å². The van der Waals surface area contributed by atoms with E-state index in [1.807, 2.05) is 22.9 Å². The molecule has 0 saturated carbocycles. The number of esters is 1. The molecular formula is C14H17N3O2. The van der Waals surface area contributed by atoms with Gasteiger partial charge in [0.05, 0.1) is 24.4 Å². The van der Waals surface area contributed by atoms with Gasteiger partial charge in [-0.1, -0.05) is 0 Å². The maximum absolute atomic E-state index is 11.6. The molecule has 0 aliphatic carbocycles. The highest BCUT2D eigenvalue weighted by molar-refractivity contribution is 5.89. The lowest BCUT2D eigenvalue weighted by molar-refractivity contribution is 0.0600. The van der Waals surface area contributed by atoms with Crippen LogP contribution >= 0.6 is 0 Å². The number of likely N-dealkylation sites (tertiary alicyclic amines) is 1. The largest absolute Gasteiger partial charge is 0.465 e. The molecule has 0 amide bonds. The Kier molecular flexibility index (Phi) is 2.98. The van der Waals surface area contributed by atoms with Crippen molar-refractivity contribution in [3.05, 3.63) is 35.9 Å². The SMILES string of the molecule is COC(=O)c1ccc2cnc(C3CCN(C)C3)n2c1. The molecule has 5 nitrogen and oxygen atoms in total. The maximum atomic E-state index is 11.6. The van der Waals surface area contributed by atoms with Crippen LogP contribution in [0.15, 0.2) is 24.5 Å². The normalized spacial score (nSPS) is 20.0. The van der Waals surface area contributed by atoms with Gasteiger partial charge in [0.1, 0.15) is 5.82 Å². The van der Waals surface area contributed by atoms with E-state index in [-0.39, 0.29) is 5.97 Å². The van der Waals surface area contributed by atoms with Crippen LogP contribution in [0.2, 0.25) is 0 Å². The van der Waals surface area contributed by atoms with Crippen molar-refractivity contribution in [2.75, 3.05) is 27.2 Å². The first-order valence-corrected chi connectivity index (χ1v) is 6.43. The lowest BCUT2D eigenvalue weighted by Crippen LogP contribution is -2.14. The van der Waals surface area contributed by atoms with Gasteiger partial charge in [0.25, 0.3) is 0 Å². The lowest BCUT2D eigenvalue weighted by Gasteiger charge is -2.10. The highest BCUT2D eigenvalue weighted by Crippen LogP contribution is 2.26. The van der Waals surface area contributed by atoms with Crippen LogP contribution in [0.4, 0.5) is 0 Å². The minimum atomic E-state index is -0.315. The van der Waals surface area contributed by atoms with Crippen LogP contribution in [0.25, 0.3) is 5.52 Å². The number of carbonyl (C=O) groups excluding carboxylic acids is 1. The quantitative estimate of drug-likeness (QED) is 0.768. The van der Waals surface area contributed by atoms with E-state index in [1.54, 1.807) is 6.07 Å². The summed E-state index contributed by atoms with van der Waals surface area (Å²) in [5.74, 6) is 1.15. The molecule has 1 saturated heterocycles. The smallest absolute Gasteiger partial charge is 0.339 e. The minimum Gasteiger partial charge on any atom is -0.465 e. The Morgan fingerprint density at radius 3 is 3.00 bits per heavy atom. The third-order valence-electron chi connectivity index (χ3n) is 3.73. The number of ether oxygens (including phenoxy) is 1. The van der Waals surface area contributed by atoms with E-state index >= 15 is 0 Å². The van der Waals surface area contributed by atoms with Gasteiger partial charge in [0.2, 0.25) is 0 Å². The van der Waals surface area contributed by atoms with Crippen LogP contribution in [0, 0.1) is 0 Å². The first-order chi connectivity index (χ1) is 9.19. The number of methoxy groups -OCH3 is 1. The molecule has 1 unspecified atom stereocenters. The number of nitrogens with zero attached hydrogens (tertiary/aromatic N) is 3. The van der Waals surface area contributed by atoms with Gasteiger partial charge in [-0.25, -0.2) is 9.78 Å². The number of fused-ring (bicyclic) bond motifs is 1. The van der Waals surface area contributed by atoms with Crippen molar-refractivity contribution in [3.63, 3.8) is 0 Å². The van der Waals surface area contributed by atoms with Gasteiger partial charge in [0.15, 0.2) is 0 Å². The van der Waals surface area contributed by atoms with Crippen molar-refractivity contribution in [2.45, 2.75) is 12.3 Å². The zero-order chi connectivity index (χ0) is 13.4. The van der Waals surface area contributed by atoms with Crippen molar-refractivity contribution >= 4 is 11.5 Å². The van der Waals surface area contributed by atoms with E-state index in [4.69, 9.17) is 4.74 Å². The predicted octanol–water partition coefficient (Wildman–Crippen LogP) is 1.54. The molecule has 1 aliphatic heterocycles. The van der Waals surface area contributed by atoms with E-state index in [0.29, 0.717) is 11.5 Å². The third-order valence-corrected chi connectivity index (χ3v) is 3.73. The van der Waals surface area contributed by atoms with E-state index in [2.05, 4.69) is 16.9 Å². The molecular weight excluding hydrogens is 242 g/mol. The summed E-state index contributed by atoms with van der Waals surface area (Å²) in [5.41, 5.74) is 1.57. The number of hydrogen-bond donors (Lipinski definition) is 0. The van der Waals surface area contributed by atoms with E-state index in [9.17, 15) is 4.79 Å². The summed E-state index contributed by atoms with van der Waals surface area (Å²) >= 11 is 0. The van der Waals surface area contributed by atoms with Crippen LogP contribution in [0.5, 0.6) is 0 Å². The zero-order valence-electron chi connectivity index (χ0n) is 11.2. The minimum absolute atomic E-state index is 0.315. The van der Waals surface area contributed by atoms with Crippen molar-refractivity contribution < 1.29 is 9.53 Å². The summed E-state index contributed by atoms with van der Waals surface area (Å²) in [6, 6.07) is 3.68. The number of hydrogen-bond acceptors (Lipinski definition) is 4. The molecule has 1 fully saturated rings. The first kappa shape index (κ1) is 12.2. The van der Waals surface area contributed by atoms with Crippen LogP contribution in [0.3, 0.4) is 0 Å². The molecule has 3 rings (SSSR count). The summed E-state index contributed by atoms with van der Waals surface area (Å²) in [7, 11) is 3.52. The molecule has 2 aromatic rings. The topological polar surface area (TPSA) is 46.8 Å². The molecule has 100 valence electrons. The predicted molar refractivity (Wildman–Crippen MR) is 71.4 cm³/mol. The average Bonchev–Trinajstić information content (AvgIpc) is 3.02. The first-order valence-electron chi connectivity index (χ1n) is 6.43. The van der Waals surface area contributed by atoms with Gasteiger partial charge in [-0.3, -0.25) is 0 Å². The Bertz CT molecular complexity index is 620. The second-order valence-electron chi connectivity index (χ2n) is 5.07. The van der Waals surface area contributed by atoms with Gasteiger partial charge < -0.3 is 14.0 Å². The average molecular weight is 259 g/mol. The summed E-state index contributed by atoms with van der Waals surface area (Å²) in [5, 5.41) is 0. The van der Waals surface area contributed by atoms with Gasteiger partial charge in [-0.05, 0) is 32.1 Å². The number of imidazole rings is 1. The van der Waals surface area contributed by atoms with E-state index in [1.165, 1.54) is 7.11 Å². The fourth-order valence-electron chi connectivity index (χ4n) is 2.70. The number of aromatic nitrogens is 2. The van der Waals surface area contributed by atoms with Gasteiger partial charge >= 0.3 is 5.97 Å². The maximum Gasteiger partial charge on any atom is 0.339 e. The third kappa shape index (κ3) is 2.10. The molecule has 19 heavy (non-hydrogen) atoms. The molecule has 1 aliphatic rings. The molecule has 0 bridgehead atoms. The molecule has 0 aromatic carbocycles. The van der Waals surface area contributed by atoms with Crippen molar-refractivity contribution in [2.24, 2.45) is 0 Å². The van der Waals surface area contributed by atoms with E-state index in [0.717, 1.165) is 30.9 Å². The second kappa shape index (κ2) is 4.66. The Morgan fingerprint density at radius 1 is 1.47 bits per heavy atom. The number of pyridine rings is 1. The summed E-state index contributed by atoms with van der Waals surface area (Å²) in [4.78, 5) is 18.4. The van der Waals surface area contributed by atoms with Crippen LogP contribution in [-0.2, 0) is 4.74 Å². The Balaban J connectivity index is 2.03.